The third kappa shape index (κ3) is 7.96. The number of ether oxygens (including phenoxy) is 2. The lowest BCUT2D eigenvalue weighted by Gasteiger charge is -2.27. The van der Waals surface area contributed by atoms with Gasteiger partial charge >= 0.3 is 0 Å². The summed E-state index contributed by atoms with van der Waals surface area (Å²) in [5.41, 5.74) is 0.780. The molecular formula is C22H29FN2O5. The van der Waals surface area contributed by atoms with Crippen molar-refractivity contribution in [2.75, 3.05) is 40.0 Å². The fraction of sp³-hybridized carbons (Fsp3) is 0.455. The Morgan fingerprint density at radius 2 is 1.83 bits per heavy atom. The zero-order valence-electron chi connectivity index (χ0n) is 17.5. The highest BCUT2D eigenvalue weighted by Crippen LogP contribution is 2.13. The molecule has 0 spiro atoms. The molecule has 0 aliphatic carbocycles. The maximum atomic E-state index is 13.2. The van der Waals surface area contributed by atoms with Crippen LogP contribution in [0.15, 0.2) is 47.1 Å². The zero-order valence-corrected chi connectivity index (χ0v) is 17.5. The van der Waals surface area contributed by atoms with Gasteiger partial charge in [-0.1, -0.05) is 12.1 Å². The van der Waals surface area contributed by atoms with Crippen LogP contribution in [0.25, 0.3) is 0 Å². The molecule has 1 heterocycles. The Bertz CT molecular complexity index is 764. The molecule has 7 nitrogen and oxygen atoms in total. The average molecular weight is 420 g/mol. The first-order chi connectivity index (χ1) is 14.5. The minimum absolute atomic E-state index is 0.0871. The Morgan fingerprint density at radius 3 is 2.47 bits per heavy atom. The van der Waals surface area contributed by atoms with Gasteiger partial charge in [-0.3, -0.25) is 9.59 Å². The summed E-state index contributed by atoms with van der Waals surface area (Å²) < 4.78 is 28.9. The molecule has 164 valence electrons. The molecule has 0 radical (unpaired) electrons. The van der Waals surface area contributed by atoms with Crippen LogP contribution in [0.1, 0.15) is 24.7 Å². The van der Waals surface area contributed by atoms with E-state index in [-0.39, 0.29) is 43.9 Å². The fourth-order valence-corrected chi connectivity index (χ4v) is 2.90. The molecule has 30 heavy (non-hydrogen) atoms. The number of hydrogen-bond acceptors (Lipinski definition) is 5. The summed E-state index contributed by atoms with van der Waals surface area (Å²) in [6.45, 7) is 3.72. The largest absolute Gasteiger partial charge is 0.467 e. The van der Waals surface area contributed by atoms with Crippen molar-refractivity contribution in [3.8, 4) is 0 Å². The van der Waals surface area contributed by atoms with Crippen LogP contribution in [-0.4, -0.2) is 61.6 Å². The summed E-state index contributed by atoms with van der Waals surface area (Å²) in [6.07, 6.45) is 2.16. The molecule has 2 aromatic rings. The molecule has 8 heteroatoms. The number of hydrogen-bond donors (Lipinski definition) is 0. The highest BCUT2D eigenvalue weighted by molar-refractivity contribution is 5.85. The molecule has 1 aromatic carbocycles. The van der Waals surface area contributed by atoms with Gasteiger partial charge < -0.3 is 23.7 Å². The topological polar surface area (TPSA) is 72.2 Å². The van der Waals surface area contributed by atoms with E-state index >= 15 is 0 Å². The Hall–Kier alpha value is -2.71. The van der Waals surface area contributed by atoms with Crippen molar-refractivity contribution in [2.24, 2.45) is 0 Å². The predicted octanol–water partition coefficient (Wildman–Crippen LogP) is 2.85. The second-order valence-electron chi connectivity index (χ2n) is 6.75. The minimum atomic E-state index is -0.340. The average Bonchev–Trinajstić information content (AvgIpc) is 3.24. The number of methoxy groups -OCH3 is 1. The number of benzene rings is 1. The van der Waals surface area contributed by atoms with E-state index in [1.165, 1.54) is 30.4 Å². The molecule has 0 atom stereocenters. The van der Waals surface area contributed by atoms with Gasteiger partial charge in [0.15, 0.2) is 0 Å². The molecule has 1 aromatic heterocycles. The van der Waals surface area contributed by atoms with E-state index in [0.29, 0.717) is 31.9 Å². The van der Waals surface area contributed by atoms with Gasteiger partial charge in [0.1, 0.15) is 18.2 Å². The molecular weight excluding hydrogens is 391 g/mol. The molecule has 2 amide bonds. The lowest BCUT2D eigenvalue weighted by Crippen LogP contribution is -2.44. The molecule has 0 unspecified atom stereocenters. The van der Waals surface area contributed by atoms with Gasteiger partial charge in [0.2, 0.25) is 11.8 Å². The maximum Gasteiger partial charge on any atom is 0.249 e. The van der Waals surface area contributed by atoms with Gasteiger partial charge in [-0.05, 0) is 43.2 Å². The second kappa shape index (κ2) is 12.8. The third-order valence-electron chi connectivity index (χ3n) is 4.43. The Balaban J connectivity index is 2.09. The normalized spacial score (nSPS) is 10.8. The Labute approximate surface area is 176 Å². The summed E-state index contributed by atoms with van der Waals surface area (Å²) in [6, 6.07) is 9.50. The van der Waals surface area contributed by atoms with Crippen LogP contribution in [0.3, 0.4) is 0 Å². The van der Waals surface area contributed by atoms with Gasteiger partial charge in [0.05, 0.1) is 19.4 Å². The number of carbonyl (C=O) groups is 2. The van der Waals surface area contributed by atoms with E-state index in [1.807, 2.05) is 6.92 Å². The fourth-order valence-electron chi connectivity index (χ4n) is 2.90. The Morgan fingerprint density at radius 1 is 1.07 bits per heavy atom. The van der Waals surface area contributed by atoms with Gasteiger partial charge in [0, 0.05) is 33.4 Å². The monoisotopic (exact) mass is 420 g/mol. The molecule has 0 fully saturated rings. The number of furan rings is 1. The number of amides is 2. The van der Waals surface area contributed by atoms with Crippen molar-refractivity contribution in [1.29, 1.82) is 0 Å². The van der Waals surface area contributed by atoms with Crippen LogP contribution in [0.4, 0.5) is 4.39 Å². The first-order valence-electron chi connectivity index (χ1n) is 9.92. The number of carbonyl (C=O) groups excluding carboxylic acids is 2. The highest BCUT2D eigenvalue weighted by Gasteiger charge is 2.22. The summed E-state index contributed by atoms with van der Waals surface area (Å²) in [5, 5.41) is 0. The summed E-state index contributed by atoms with van der Waals surface area (Å²) >= 11 is 0. The summed E-state index contributed by atoms with van der Waals surface area (Å²) in [7, 11) is 1.44. The van der Waals surface area contributed by atoms with Crippen LogP contribution >= 0.6 is 0 Å². The van der Waals surface area contributed by atoms with Gasteiger partial charge in [-0.15, -0.1) is 0 Å². The van der Waals surface area contributed by atoms with Gasteiger partial charge in [-0.2, -0.15) is 0 Å². The maximum absolute atomic E-state index is 13.2. The highest BCUT2D eigenvalue weighted by atomic mass is 19.1. The van der Waals surface area contributed by atoms with E-state index in [9.17, 15) is 14.0 Å². The molecule has 0 saturated heterocycles. The van der Waals surface area contributed by atoms with Crippen LogP contribution < -0.4 is 0 Å². The van der Waals surface area contributed by atoms with Crippen molar-refractivity contribution in [2.45, 2.75) is 26.4 Å². The van der Waals surface area contributed by atoms with Crippen molar-refractivity contribution in [3.63, 3.8) is 0 Å². The van der Waals surface area contributed by atoms with Crippen LogP contribution in [-0.2, 0) is 32.2 Å². The van der Waals surface area contributed by atoms with E-state index < -0.39 is 0 Å². The van der Waals surface area contributed by atoms with Crippen LogP contribution in [0, 0.1) is 5.82 Å². The standard InChI is InChI=1S/C22H29FN2O5/c1-3-29-12-5-11-24(22(27)17-28-2)16-21(26)25(15-20-6-4-13-30-20)14-18-7-9-19(23)10-8-18/h4,6-10,13H,3,5,11-12,14-17H2,1-2H3. The lowest BCUT2D eigenvalue weighted by molar-refractivity contribution is -0.143. The van der Waals surface area contributed by atoms with Crippen molar-refractivity contribution in [1.82, 2.24) is 9.80 Å². The van der Waals surface area contributed by atoms with E-state index in [1.54, 1.807) is 29.2 Å². The minimum Gasteiger partial charge on any atom is -0.467 e. The van der Waals surface area contributed by atoms with E-state index in [0.717, 1.165) is 5.56 Å². The van der Waals surface area contributed by atoms with Crippen molar-refractivity contribution >= 4 is 11.8 Å². The lowest BCUT2D eigenvalue weighted by atomic mass is 10.2. The number of rotatable bonds is 13. The molecule has 0 aliphatic rings. The Kier molecular flexibility index (Phi) is 10.0. The molecule has 0 saturated carbocycles. The molecule has 2 rings (SSSR count). The number of nitrogens with zero attached hydrogens (tertiary/aromatic N) is 2. The van der Waals surface area contributed by atoms with Crippen molar-refractivity contribution < 1.29 is 27.9 Å². The summed E-state index contributed by atoms with van der Waals surface area (Å²) in [4.78, 5) is 28.6. The number of halogens is 1. The molecule has 0 aliphatic heterocycles. The van der Waals surface area contributed by atoms with Crippen LogP contribution in [0.5, 0.6) is 0 Å². The zero-order chi connectivity index (χ0) is 21.8. The molecule has 0 N–H and O–H groups in total. The SMILES string of the molecule is CCOCCCN(CC(=O)N(Cc1ccc(F)cc1)Cc1ccco1)C(=O)COC. The summed E-state index contributed by atoms with van der Waals surface area (Å²) in [5.74, 6) is -0.219. The van der Waals surface area contributed by atoms with E-state index in [2.05, 4.69) is 0 Å². The first kappa shape index (κ1) is 23.6. The first-order valence-corrected chi connectivity index (χ1v) is 9.92. The smallest absolute Gasteiger partial charge is 0.249 e. The quantitative estimate of drug-likeness (QED) is 0.466. The van der Waals surface area contributed by atoms with Gasteiger partial charge in [-0.25, -0.2) is 4.39 Å². The molecule has 0 bridgehead atoms. The van der Waals surface area contributed by atoms with E-state index in [4.69, 9.17) is 13.9 Å². The van der Waals surface area contributed by atoms with Gasteiger partial charge in [0.25, 0.3) is 0 Å². The second-order valence-corrected chi connectivity index (χ2v) is 6.75. The third-order valence-corrected chi connectivity index (χ3v) is 4.43. The van der Waals surface area contributed by atoms with Crippen LogP contribution in [0.2, 0.25) is 0 Å². The van der Waals surface area contributed by atoms with Crippen molar-refractivity contribution in [3.05, 3.63) is 59.8 Å². The predicted molar refractivity (Wildman–Crippen MR) is 109 cm³/mol.